The summed E-state index contributed by atoms with van der Waals surface area (Å²) in [5.74, 6) is 1.55. The molecule has 2 aromatic heterocycles. The number of nitrogens with one attached hydrogen (secondary N) is 1. The molecule has 0 aliphatic heterocycles. The normalized spacial score (nSPS) is 16.2. The van der Waals surface area contributed by atoms with Gasteiger partial charge >= 0.3 is 0 Å². The highest BCUT2D eigenvalue weighted by Gasteiger charge is 2.14. The van der Waals surface area contributed by atoms with Gasteiger partial charge in [-0.25, -0.2) is 4.98 Å². The van der Waals surface area contributed by atoms with Crippen molar-refractivity contribution in [3.63, 3.8) is 0 Å². The van der Waals surface area contributed by atoms with Crippen LogP contribution in [-0.4, -0.2) is 36.3 Å². The average Bonchev–Trinajstić information content (AvgIpc) is 3.00. The van der Waals surface area contributed by atoms with Crippen LogP contribution in [-0.2, 0) is 0 Å². The lowest BCUT2D eigenvalue weighted by molar-refractivity contribution is 0.373. The quantitative estimate of drug-likeness (QED) is 0.929. The molecule has 7 nitrogen and oxygen atoms in total. The minimum absolute atomic E-state index is 0.150. The summed E-state index contributed by atoms with van der Waals surface area (Å²) < 4.78 is 1.46. The molecule has 0 unspecified atom stereocenters. The van der Waals surface area contributed by atoms with Crippen molar-refractivity contribution in [1.82, 2.24) is 29.7 Å². The Morgan fingerprint density at radius 3 is 2.80 bits per heavy atom. The zero-order chi connectivity index (χ0) is 13.8. The summed E-state index contributed by atoms with van der Waals surface area (Å²) in [7, 11) is 0. The molecule has 1 N–H and O–H groups in total. The predicted octanol–water partition coefficient (Wildman–Crippen LogP) is 2.10. The van der Waals surface area contributed by atoms with Gasteiger partial charge in [-0.2, -0.15) is 24.7 Å². The fourth-order valence-electron chi connectivity index (χ4n) is 2.46. The molecule has 1 aliphatic carbocycles. The summed E-state index contributed by atoms with van der Waals surface area (Å²) in [6.07, 6.45) is 9.46. The first kappa shape index (κ1) is 13.2. The van der Waals surface area contributed by atoms with E-state index in [1.807, 2.05) is 0 Å². The molecule has 0 atom stereocenters. The van der Waals surface area contributed by atoms with Crippen molar-refractivity contribution in [3.05, 3.63) is 17.9 Å². The standard InChI is InChI=1S/C12H16ClN7/c13-10-17-11(15-6-9-4-2-1-3-5-9)19-12(18-10)20-8-14-7-16-20/h7-9H,1-6H2,(H,15,17,18,19). The number of aromatic nitrogens is 6. The van der Waals surface area contributed by atoms with Crippen LogP contribution in [0.15, 0.2) is 12.7 Å². The zero-order valence-electron chi connectivity index (χ0n) is 11.0. The van der Waals surface area contributed by atoms with Crippen molar-refractivity contribution in [3.8, 4) is 5.95 Å². The third-order valence-corrected chi connectivity index (χ3v) is 3.66. The van der Waals surface area contributed by atoms with E-state index in [-0.39, 0.29) is 5.28 Å². The van der Waals surface area contributed by atoms with Crippen molar-refractivity contribution < 1.29 is 0 Å². The highest BCUT2D eigenvalue weighted by Crippen LogP contribution is 2.23. The number of rotatable bonds is 4. The molecule has 0 aromatic carbocycles. The van der Waals surface area contributed by atoms with E-state index >= 15 is 0 Å². The summed E-state index contributed by atoms with van der Waals surface area (Å²) in [6.45, 7) is 0.872. The Morgan fingerprint density at radius 1 is 1.20 bits per heavy atom. The van der Waals surface area contributed by atoms with E-state index in [1.54, 1.807) is 0 Å². The van der Waals surface area contributed by atoms with Gasteiger partial charge in [0.15, 0.2) is 0 Å². The van der Waals surface area contributed by atoms with Crippen LogP contribution in [0.2, 0.25) is 5.28 Å². The number of hydrogen-bond acceptors (Lipinski definition) is 6. The molecule has 1 saturated carbocycles. The second kappa shape index (κ2) is 6.13. The highest BCUT2D eigenvalue weighted by atomic mass is 35.5. The molecule has 106 valence electrons. The second-order valence-electron chi connectivity index (χ2n) is 4.95. The van der Waals surface area contributed by atoms with Gasteiger partial charge in [-0.1, -0.05) is 19.3 Å². The smallest absolute Gasteiger partial charge is 0.258 e. The highest BCUT2D eigenvalue weighted by molar-refractivity contribution is 6.28. The van der Waals surface area contributed by atoms with Gasteiger partial charge in [0, 0.05) is 6.54 Å². The van der Waals surface area contributed by atoms with E-state index in [0.29, 0.717) is 17.8 Å². The first-order valence-corrected chi connectivity index (χ1v) is 7.19. The van der Waals surface area contributed by atoms with Gasteiger partial charge in [-0.3, -0.25) is 0 Å². The second-order valence-corrected chi connectivity index (χ2v) is 5.29. The maximum Gasteiger partial charge on any atom is 0.258 e. The molecule has 0 bridgehead atoms. The first-order chi connectivity index (χ1) is 9.81. The molecular formula is C12H16ClN7. The molecule has 1 aliphatic rings. The summed E-state index contributed by atoms with van der Waals surface area (Å²) in [6, 6.07) is 0. The number of hydrogen-bond donors (Lipinski definition) is 1. The van der Waals surface area contributed by atoms with Gasteiger partial charge in [0.25, 0.3) is 5.95 Å². The van der Waals surface area contributed by atoms with E-state index < -0.39 is 0 Å². The molecule has 0 spiro atoms. The van der Waals surface area contributed by atoms with Gasteiger partial charge in [-0.05, 0) is 30.4 Å². The minimum atomic E-state index is 0.150. The van der Waals surface area contributed by atoms with Crippen LogP contribution in [0.5, 0.6) is 0 Å². The monoisotopic (exact) mass is 293 g/mol. The van der Waals surface area contributed by atoms with E-state index in [4.69, 9.17) is 11.6 Å². The number of anilines is 1. The van der Waals surface area contributed by atoms with Gasteiger partial charge < -0.3 is 5.32 Å². The number of nitrogens with zero attached hydrogens (tertiary/aromatic N) is 6. The van der Waals surface area contributed by atoms with Crippen molar-refractivity contribution in [1.29, 1.82) is 0 Å². The van der Waals surface area contributed by atoms with E-state index in [1.165, 1.54) is 49.4 Å². The lowest BCUT2D eigenvalue weighted by atomic mass is 9.89. The van der Waals surface area contributed by atoms with Crippen LogP contribution in [0.1, 0.15) is 32.1 Å². The third kappa shape index (κ3) is 3.22. The Labute approximate surface area is 121 Å². The molecule has 0 saturated heterocycles. The number of halogens is 1. The van der Waals surface area contributed by atoms with Gasteiger partial charge in [0.2, 0.25) is 11.2 Å². The molecule has 8 heteroatoms. The molecular weight excluding hydrogens is 278 g/mol. The minimum Gasteiger partial charge on any atom is -0.354 e. The van der Waals surface area contributed by atoms with E-state index in [9.17, 15) is 0 Å². The van der Waals surface area contributed by atoms with Crippen LogP contribution in [0.4, 0.5) is 5.95 Å². The molecule has 0 radical (unpaired) electrons. The molecule has 2 heterocycles. The molecule has 3 rings (SSSR count). The van der Waals surface area contributed by atoms with Crippen LogP contribution < -0.4 is 5.32 Å². The van der Waals surface area contributed by atoms with Crippen LogP contribution in [0, 0.1) is 5.92 Å². The SMILES string of the molecule is Clc1nc(NCC2CCCCC2)nc(-n2cncn2)n1. The summed E-state index contributed by atoms with van der Waals surface area (Å²) in [4.78, 5) is 16.3. The largest absolute Gasteiger partial charge is 0.354 e. The Kier molecular flexibility index (Phi) is 4.05. The van der Waals surface area contributed by atoms with E-state index in [0.717, 1.165) is 6.54 Å². The topological polar surface area (TPSA) is 81.4 Å². The third-order valence-electron chi connectivity index (χ3n) is 3.49. The Hall–Kier alpha value is -1.76. The maximum absolute atomic E-state index is 5.92. The van der Waals surface area contributed by atoms with Crippen molar-refractivity contribution in [2.75, 3.05) is 11.9 Å². The van der Waals surface area contributed by atoms with Crippen LogP contribution in [0.25, 0.3) is 5.95 Å². The Balaban J connectivity index is 1.69. The van der Waals surface area contributed by atoms with Crippen molar-refractivity contribution in [2.24, 2.45) is 5.92 Å². The molecule has 0 amide bonds. The Bertz CT molecular complexity index is 551. The Morgan fingerprint density at radius 2 is 2.05 bits per heavy atom. The lowest BCUT2D eigenvalue weighted by Gasteiger charge is -2.21. The van der Waals surface area contributed by atoms with Crippen LogP contribution in [0.3, 0.4) is 0 Å². The first-order valence-electron chi connectivity index (χ1n) is 6.82. The summed E-state index contributed by atoms with van der Waals surface area (Å²) in [5, 5.41) is 7.38. The summed E-state index contributed by atoms with van der Waals surface area (Å²) in [5.41, 5.74) is 0. The predicted molar refractivity (Wildman–Crippen MR) is 74.8 cm³/mol. The van der Waals surface area contributed by atoms with E-state index in [2.05, 4.69) is 30.4 Å². The molecule has 2 aromatic rings. The maximum atomic E-state index is 5.92. The fraction of sp³-hybridized carbons (Fsp3) is 0.583. The average molecular weight is 294 g/mol. The summed E-state index contributed by atoms with van der Waals surface area (Å²) >= 11 is 5.92. The molecule has 20 heavy (non-hydrogen) atoms. The van der Waals surface area contributed by atoms with Gasteiger partial charge in [0.1, 0.15) is 12.7 Å². The zero-order valence-corrected chi connectivity index (χ0v) is 11.8. The fourth-order valence-corrected chi connectivity index (χ4v) is 2.62. The van der Waals surface area contributed by atoms with Crippen molar-refractivity contribution in [2.45, 2.75) is 32.1 Å². The lowest BCUT2D eigenvalue weighted by Crippen LogP contribution is -2.19. The molecule has 1 fully saturated rings. The van der Waals surface area contributed by atoms with Gasteiger partial charge in [-0.15, -0.1) is 0 Å². The van der Waals surface area contributed by atoms with Crippen LogP contribution >= 0.6 is 11.6 Å². The van der Waals surface area contributed by atoms with Crippen molar-refractivity contribution >= 4 is 17.5 Å². The van der Waals surface area contributed by atoms with Gasteiger partial charge in [0.05, 0.1) is 0 Å².